The van der Waals surface area contributed by atoms with E-state index >= 15 is 0 Å². The van der Waals surface area contributed by atoms with Crippen LogP contribution in [-0.2, 0) is 4.74 Å². The van der Waals surface area contributed by atoms with E-state index in [1.165, 1.54) is 11.3 Å². The number of ether oxygens (including phenoxy) is 1. The normalized spacial score (nSPS) is 20.4. The van der Waals surface area contributed by atoms with Crippen LogP contribution in [0.15, 0.2) is 24.3 Å². The molecule has 2 atom stereocenters. The second-order valence-corrected chi connectivity index (χ2v) is 5.04. The monoisotopic (exact) mass is 273 g/mol. The van der Waals surface area contributed by atoms with Gasteiger partial charge in [0.25, 0.3) is 0 Å². The van der Waals surface area contributed by atoms with E-state index in [0.29, 0.717) is 19.2 Å². The number of hydrogen-bond acceptors (Lipinski definition) is 4. The second kappa shape index (κ2) is 7.28. The highest BCUT2D eigenvalue weighted by atomic mass is 16.5. The summed E-state index contributed by atoms with van der Waals surface area (Å²) in [7, 11) is 0. The highest BCUT2D eigenvalue weighted by Crippen LogP contribution is 2.22. The Hall–Kier alpha value is -1.57. The van der Waals surface area contributed by atoms with Crippen LogP contribution in [0.2, 0.25) is 0 Å². The Bertz CT molecular complexity index is 452. The van der Waals surface area contributed by atoms with Gasteiger partial charge in [-0.25, -0.2) is 0 Å². The van der Waals surface area contributed by atoms with E-state index in [0.717, 1.165) is 19.5 Å². The number of nitriles is 1. The van der Waals surface area contributed by atoms with Crippen molar-refractivity contribution < 1.29 is 4.74 Å². The number of rotatable bonds is 5. The number of benzene rings is 1. The average Bonchev–Trinajstić information content (AvgIpc) is 2.53. The molecule has 2 unspecified atom stereocenters. The standard InChI is InChI=1S/C16H23N3O/c1-3-16(18-4-2)13-5-7-14(8-6-13)19-9-10-20-15(11-17)12-19/h5-8,15-16,18H,3-4,9-10,12H2,1-2H3. The lowest BCUT2D eigenvalue weighted by Gasteiger charge is -2.31. The summed E-state index contributed by atoms with van der Waals surface area (Å²) in [6.07, 6.45) is 0.773. The minimum atomic E-state index is -0.312. The molecule has 0 radical (unpaired) electrons. The summed E-state index contributed by atoms with van der Waals surface area (Å²) in [5.74, 6) is 0. The Morgan fingerprint density at radius 3 is 2.75 bits per heavy atom. The van der Waals surface area contributed by atoms with E-state index in [1.54, 1.807) is 0 Å². The summed E-state index contributed by atoms with van der Waals surface area (Å²) in [6, 6.07) is 11.3. The van der Waals surface area contributed by atoms with Gasteiger partial charge in [-0.3, -0.25) is 0 Å². The van der Waals surface area contributed by atoms with Gasteiger partial charge in [0, 0.05) is 18.3 Å². The van der Waals surface area contributed by atoms with E-state index in [9.17, 15) is 0 Å². The molecule has 20 heavy (non-hydrogen) atoms. The molecule has 0 spiro atoms. The molecule has 1 aliphatic rings. The quantitative estimate of drug-likeness (QED) is 0.895. The first-order valence-electron chi connectivity index (χ1n) is 7.38. The van der Waals surface area contributed by atoms with Gasteiger partial charge in [0.2, 0.25) is 0 Å². The molecule has 108 valence electrons. The summed E-state index contributed by atoms with van der Waals surface area (Å²) in [6.45, 7) is 7.43. The van der Waals surface area contributed by atoms with Crippen molar-refractivity contribution in [2.75, 3.05) is 31.1 Å². The molecule has 1 fully saturated rings. The van der Waals surface area contributed by atoms with Gasteiger partial charge >= 0.3 is 0 Å². The molecular formula is C16H23N3O. The van der Waals surface area contributed by atoms with E-state index in [4.69, 9.17) is 10.00 Å². The summed E-state index contributed by atoms with van der Waals surface area (Å²) >= 11 is 0. The van der Waals surface area contributed by atoms with Crippen molar-refractivity contribution in [3.05, 3.63) is 29.8 Å². The minimum Gasteiger partial charge on any atom is -0.366 e. The van der Waals surface area contributed by atoms with Crippen LogP contribution in [0, 0.1) is 11.3 Å². The Balaban J connectivity index is 2.06. The number of nitrogens with one attached hydrogen (secondary N) is 1. The third-order valence-electron chi connectivity index (χ3n) is 3.73. The molecule has 1 aromatic carbocycles. The van der Waals surface area contributed by atoms with Crippen LogP contribution in [-0.4, -0.2) is 32.3 Å². The lowest BCUT2D eigenvalue weighted by molar-refractivity contribution is 0.0764. The molecule has 0 saturated carbocycles. The zero-order chi connectivity index (χ0) is 14.4. The molecule has 4 heteroatoms. The first-order chi connectivity index (χ1) is 9.78. The molecular weight excluding hydrogens is 250 g/mol. The Labute approximate surface area is 121 Å². The molecule has 1 aliphatic heterocycles. The molecule has 0 aromatic heterocycles. The van der Waals surface area contributed by atoms with Crippen molar-refractivity contribution in [2.24, 2.45) is 0 Å². The molecule has 2 rings (SSSR count). The Morgan fingerprint density at radius 1 is 1.40 bits per heavy atom. The molecule has 0 bridgehead atoms. The van der Waals surface area contributed by atoms with Crippen LogP contribution in [0.4, 0.5) is 5.69 Å². The fourth-order valence-electron chi connectivity index (χ4n) is 2.62. The van der Waals surface area contributed by atoms with Gasteiger partial charge in [-0.1, -0.05) is 26.0 Å². The first-order valence-corrected chi connectivity index (χ1v) is 7.38. The van der Waals surface area contributed by atoms with Crippen LogP contribution in [0.5, 0.6) is 0 Å². The molecule has 1 saturated heterocycles. The number of hydrogen-bond donors (Lipinski definition) is 1. The second-order valence-electron chi connectivity index (χ2n) is 5.04. The van der Waals surface area contributed by atoms with Crippen LogP contribution in [0.1, 0.15) is 31.9 Å². The summed E-state index contributed by atoms with van der Waals surface area (Å²) < 4.78 is 5.38. The Kier molecular flexibility index (Phi) is 5.40. The van der Waals surface area contributed by atoms with Crippen molar-refractivity contribution >= 4 is 5.69 Å². The fourth-order valence-corrected chi connectivity index (χ4v) is 2.62. The first kappa shape index (κ1) is 14.8. The van der Waals surface area contributed by atoms with Crippen LogP contribution in [0.3, 0.4) is 0 Å². The van der Waals surface area contributed by atoms with Gasteiger partial charge in [-0.2, -0.15) is 5.26 Å². The smallest absolute Gasteiger partial charge is 0.161 e. The maximum atomic E-state index is 8.95. The number of morpholine rings is 1. The van der Waals surface area contributed by atoms with E-state index < -0.39 is 0 Å². The topological polar surface area (TPSA) is 48.3 Å². The van der Waals surface area contributed by atoms with Gasteiger partial charge in [-0.05, 0) is 30.7 Å². The largest absolute Gasteiger partial charge is 0.366 e. The summed E-state index contributed by atoms with van der Waals surface area (Å²) in [4.78, 5) is 2.22. The van der Waals surface area contributed by atoms with Gasteiger partial charge in [0.1, 0.15) is 0 Å². The maximum absolute atomic E-state index is 8.95. The van der Waals surface area contributed by atoms with Gasteiger partial charge in [-0.15, -0.1) is 0 Å². The number of nitrogens with zero attached hydrogens (tertiary/aromatic N) is 2. The highest BCUT2D eigenvalue weighted by Gasteiger charge is 2.20. The van der Waals surface area contributed by atoms with Crippen LogP contribution in [0.25, 0.3) is 0 Å². The summed E-state index contributed by atoms with van der Waals surface area (Å²) in [5, 5.41) is 12.4. The van der Waals surface area contributed by atoms with E-state index in [2.05, 4.69) is 54.4 Å². The fraction of sp³-hybridized carbons (Fsp3) is 0.562. The van der Waals surface area contributed by atoms with E-state index in [1.807, 2.05) is 0 Å². The van der Waals surface area contributed by atoms with Crippen LogP contribution < -0.4 is 10.2 Å². The average molecular weight is 273 g/mol. The predicted molar refractivity (Wildman–Crippen MR) is 80.7 cm³/mol. The number of anilines is 1. The molecule has 1 aromatic rings. The lowest BCUT2D eigenvalue weighted by atomic mass is 10.0. The van der Waals surface area contributed by atoms with Crippen molar-refractivity contribution in [1.29, 1.82) is 5.26 Å². The van der Waals surface area contributed by atoms with Gasteiger partial charge < -0.3 is 15.0 Å². The highest BCUT2D eigenvalue weighted by molar-refractivity contribution is 5.48. The molecule has 4 nitrogen and oxygen atoms in total. The Morgan fingerprint density at radius 2 is 2.15 bits per heavy atom. The SMILES string of the molecule is CCNC(CC)c1ccc(N2CCOC(C#N)C2)cc1. The third-order valence-corrected chi connectivity index (χ3v) is 3.73. The molecule has 1 N–H and O–H groups in total. The molecule has 1 heterocycles. The maximum Gasteiger partial charge on any atom is 0.161 e. The zero-order valence-corrected chi connectivity index (χ0v) is 12.3. The van der Waals surface area contributed by atoms with Gasteiger partial charge in [0.05, 0.1) is 19.2 Å². The van der Waals surface area contributed by atoms with Crippen molar-refractivity contribution in [3.63, 3.8) is 0 Å². The third kappa shape index (κ3) is 3.50. The lowest BCUT2D eigenvalue weighted by Crippen LogP contribution is -2.41. The predicted octanol–water partition coefficient (Wildman–Crippen LogP) is 2.48. The molecule has 0 aliphatic carbocycles. The minimum absolute atomic E-state index is 0.312. The van der Waals surface area contributed by atoms with Crippen LogP contribution >= 0.6 is 0 Å². The van der Waals surface area contributed by atoms with Crippen molar-refractivity contribution in [3.8, 4) is 6.07 Å². The summed E-state index contributed by atoms with van der Waals surface area (Å²) in [5.41, 5.74) is 2.49. The van der Waals surface area contributed by atoms with Gasteiger partial charge in [0.15, 0.2) is 6.10 Å². The molecule has 0 amide bonds. The van der Waals surface area contributed by atoms with Crippen molar-refractivity contribution in [2.45, 2.75) is 32.4 Å². The van der Waals surface area contributed by atoms with Crippen molar-refractivity contribution in [1.82, 2.24) is 5.32 Å². The zero-order valence-electron chi connectivity index (χ0n) is 12.3. The van der Waals surface area contributed by atoms with E-state index in [-0.39, 0.29) is 6.10 Å².